The summed E-state index contributed by atoms with van der Waals surface area (Å²) in [5.74, 6) is -0.891. The number of carbonyl (C=O) groups excluding carboxylic acids is 1. The zero-order valence-electron chi connectivity index (χ0n) is 15.5. The fraction of sp³-hybridized carbons (Fsp3) is 0.409. The average molecular weight is 388 g/mol. The van der Waals surface area contributed by atoms with E-state index in [-0.39, 0.29) is 25.6 Å². The van der Waals surface area contributed by atoms with E-state index in [0.717, 1.165) is 23.1 Å². The Balaban J connectivity index is 1.51. The molecule has 0 unspecified atom stereocenters. The van der Waals surface area contributed by atoms with Crippen LogP contribution in [0.2, 0.25) is 0 Å². The van der Waals surface area contributed by atoms with Gasteiger partial charge in [-0.2, -0.15) is 13.2 Å². The van der Waals surface area contributed by atoms with Crippen molar-refractivity contribution in [3.05, 3.63) is 71.3 Å². The first kappa shape index (κ1) is 19.0. The smallest absolute Gasteiger partial charge is 0.348 e. The molecule has 28 heavy (non-hydrogen) atoms. The first-order valence-corrected chi connectivity index (χ1v) is 9.61. The van der Waals surface area contributed by atoms with Crippen LogP contribution in [0.5, 0.6) is 0 Å². The van der Waals surface area contributed by atoms with Gasteiger partial charge in [-0.3, -0.25) is 9.69 Å². The Morgan fingerprint density at radius 1 is 1.11 bits per heavy atom. The lowest BCUT2D eigenvalue weighted by atomic mass is 9.84. The monoisotopic (exact) mass is 388 g/mol. The summed E-state index contributed by atoms with van der Waals surface area (Å²) in [6.07, 6.45) is -3.36. The predicted octanol–water partition coefficient (Wildman–Crippen LogP) is 4.24. The number of nitrogens with zero attached hydrogens (tertiary/aromatic N) is 1. The molecule has 1 aliphatic carbocycles. The average Bonchev–Trinajstić information content (AvgIpc) is 3.28. The van der Waals surface area contributed by atoms with Crippen LogP contribution in [-0.4, -0.2) is 30.1 Å². The fourth-order valence-corrected chi connectivity index (χ4v) is 4.41. The van der Waals surface area contributed by atoms with Crippen molar-refractivity contribution in [2.24, 2.45) is 5.41 Å². The normalized spacial score (nSPS) is 24.9. The second-order valence-electron chi connectivity index (χ2n) is 7.79. The molecule has 1 fully saturated rings. The van der Waals surface area contributed by atoms with Gasteiger partial charge in [0.05, 0.1) is 6.04 Å². The van der Waals surface area contributed by atoms with Gasteiger partial charge in [0, 0.05) is 13.1 Å². The number of hydrogen-bond acceptors (Lipinski definition) is 2. The Hall–Kier alpha value is -2.34. The van der Waals surface area contributed by atoms with Crippen molar-refractivity contribution in [3.8, 4) is 0 Å². The lowest BCUT2D eigenvalue weighted by Crippen LogP contribution is -2.52. The summed E-state index contributed by atoms with van der Waals surface area (Å²) in [5.41, 5.74) is 0.642. The number of rotatable bonds is 4. The lowest BCUT2D eigenvalue weighted by Gasteiger charge is -2.32. The molecule has 0 saturated carbocycles. The molecule has 1 saturated heterocycles. The molecule has 2 aromatic carbocycles. The van der Waals surface area contributed by atoms with E-state index in [2.05, 4.69) is 5.32 Å². The number of amides is 1. The zero-order valence-corrected chi connectivity index (χ0v) is 15.5. The van der Waals surface area contributed by atoms with Gasteiger partial charge >= 0.3 is 6.18 Å². The van der Waals surface area contributed by atoms with Gasteiger partial charge < -0.3 is 5.32 Å². The van der Waals surface area contributed by atoms with Gasteiger partial charge in [0.15, 0.2) is 5.41 Å². The van der Waals surface area contributed by atoms with Crippen LogP contribution in [0.15, 0.2) is 54.6 Å². The van der Waals surface area contributed by atoms with Gasteiger partial charge in [0.1, 0.15) is 0 Å². The van der Waals surface area contributed by atoms with Gasteiger partial charge in [-0.1, -0.05) is 54.6 Å². The number of aryl methyl sites for hydroxylation is 1. The second kappa shape index (κ2) is 7.24. The third kappa shape index (κ3) is 3.41. The summed E-state index contributed by atoms with van der Waals surface area (Å²) < 4.78 is 42.2. The highest BCUT2D eigenvalue weighted by molar-refractivity contribution is 5.84. The van der Waals surface area contributed by atoms with Crippen LogP contribution in [-0.2, 0) is 17.8 Å². The number of fused-ring (bicyclic) bond motifs is 1. The third-order valence-electron chi connectivity index (χ3n) is 6.01. The largest absolute Gasteiger partial charge is 0.404 e. The maximum absolute atomic E-state index is 14.1. The van der Waals surface area contributed by atoms with Crippen molar-refractivity contribution in [1.82, 2.24) is 10.2 Å². The summed E-state index contributed by atoms with van der Waals surface area (Å²) in [6.45, 7) is 0.368. The molecule has 3 nitrogen and oxygen atoms in total. The van der Waals surface area contributed by atoms with E-state index in [0.29, 0.717) is 13.0 Å². The van der Waals surface area contributed by atoms with Crippen molar-refractivity contribution < 1.29 is 18.0 Å². The van der Waals surface area contributed by atoms with Crippen LogP contribution in [0.4, 0.5) is 13.2 Å². The molecular formula is C22H23F3N2O. The Bertz CT molecular complexity index is 852. The SMILES string of the molecule is O=C(N[C@H]1CCc2ccccc21)[C@]1(C(F)(F)F)CCN(Cc2ccccc2)C1. The minimum Gasteiger partial charge on any atom is -0.348 e. The summed E-state index contributed by atoms with van der Waals surface area (Å²) in [4.78, 5) is 14.6. The van der Waals surface area contributed by atoms with Crippen LogP contribution in [0.1, 0.15) is 35.6 Å². The summed E-state index contributed by atoms with van der Waals surface area (Å²) in [6, 6.07) is 16.7. The van der Waals surface area contributed by atoms with E-state index >= 15 is 0 Å². The standard InChI is InChI=1S/C22H23F3N2O/c23-22(24,25)21(12-13-27(15-21)14-16-6-2-1-3-7-16)20(28)26-19-11-10-17-8-4-5-9-18(17)19/h1-9,19H,10-15H2,(H,26,28)/t19-,21-/m0/s1. The molecular weight excluding hydrogens is 365 g/mol. The molecule has 0 radical (unpaired) electrons. The maximum Gasteiger partial charge on any atom is 0.404 e. The molecule has 0 bridgehead atoms. The van der Waals surface area contributed by atoms with Crippen LogP contribution in [0, 0.1) is 5.41 Å². The summed E-state index contributed by atoms with van der Waals surface area (Å²) >= 11 is 0. The predicted molar refractivity (Wildman–Crippen MR) is 100 cm³/mol. The molecule has 1 heterocycles. The number of benzene rings is 2. The number of nitrogens with one attached hydrogen (secondary N) is 1. The van der Waals surface area contributed by atoms with Crippen LogP contribution >= 0.6 is 0 Å². The number of likely N-dealkylation sites (tertiary alicyclic amines) is 1. The summed E-state index contributed by atoms with van der Waals surface area (Å²) in [7, 11) is 0. The Morgan fingerprint density at radius 3 is 2.57 bits per heavy atom. The van der Waals surface area contributed by atoms with Crippen LogP contribution in [0.3, 0.4) is 0 Å². The molecule has 2 atom stereocenters. The van der Waals surface area contributed by atoms with Crippen molar-refractivity contribution >= 4 is 5.91 Å². The van der Waals surface area contributed by atoms with Gasteiger partial charge in [-0.15, -0.1) is 0 Å². The molecule has 1 aliphatic heterocycles. The highest BCUT2D eigenvalue weighted by Crippen LogP contribution is 2.47. The van der Waals surface area contributed by atoms with E-state index in [1.54, 1.807) is 4.90 Å². The molecule has 1 N–H and O–H groups in total. The van der Waals surface area contributed by atoms with Gasteiger partial charge in [0.25, 0.3) is 0 Å². The maximum atomic E-state index is 14.1. The van der Waals surface area contributed by atoms with Gasteiger partial charge in [0.2, 0.25) is 5.91 Å². The van der Waals surface area contributed by atoms with Gasteiger partial charge in [-0.25, -0.2) is 0 Å². The Labute approximate surface area is 162 Å². The van der Waals surface area contributed by atoms with E-state index < -0.39 is 17.5 Å². The summed E-state index contributed by atoms with van der Waals surface area (Å²) in [5, 5.41) is 2.72. The molecule has 0 spiro atoms. The molecule has 2 aromatic rings. The lowest BCUT2D eigenvalue weighted by molar-refractivity contribution is -0.218. The van der Waals surface area contributed by atoms with E-state index in [1.165, 1.54) is 0 Å². The number of hydrogen-bond donors (Lipinski definition) is 1. The van der Waals surface area contributed by atoms with E-state index in [9.17, 15) is 18.0 Å². The first-order valence-electron chi connectivity index (χ1n) is 9.61. The fourth-order valence-electron chi connectivity index (χ4n) is 4.41. The van der Waals surface area contributed by atoms with Crippen molar-refractivity contribution in [3.63, 3.8) is 0 Å². The number of halogens is 3. The minimum atomic E-state index is -4.58. The second-order valence-corrected chi connectivity index (χ2v) is 7.79. The Morgan fingerprint density at radius 2 is 1.82 bits per heavy atom. The van der Waals surface area contributed by atoms with Gasteiger partial charge in [-0.05, 0) is 42.5 Å². The van der Waals surface area contributed by atoms with Crippen molar-refractivity contribution in [2.75, 3.05) is 13.1 Å². The topological polar surface area (TPSA) is 32.3 Å². The van der Waals surface area contributed by atoms with E-state index in [4.69, 9.17) is 0 Å². The van der Waals surface area contributed by atoms with Crippen LogP contribution < -0.4 is 5.32 Å². The molecule has 0 aromatic heterocycles. The highest BCUT2D eigenvalue weighted by Gasteiger charge is 2.63. The molecule has 2 aliphatic rings. The quantitative estimate of drug-likeness (QED) is 0.850. The van der Waals surface area contributed by atoms with E-state index in [1.807, 2.05) is 54.6 Å². The number of carbonyl (C=O) groups is 1. The van der Waals surface area contributed by atoms with Crippen LogP contribution in [0.25, 0.3) is 0 Å². The third-order valence-corrected chi connectivity index (χ3v) is 6.01. The highest BCUT2D eigenvalue weighted by atomic mass is 19.4. The van der Waals surface area contributed by atoms with Crippen molar-refractivity contribution in [2.45, 2.75) is 38.0 Å². The first-order chi connectivity index (χ1) is 13.4. The van der Waals surface area contributed by atoms with Crippen molar-refractivity contribution in [1.29, 1.82) is 0 Å². The molecule has 6 heteroatoms. The molecule has 4 rings (SSSR count). The minimum absolute atomic E-state index is 0.205. The zero-order chi connectivity index (χ0) is 19.8. The molecule has 148 valence electrons. The number of alkyl halides is 3. The Kier molecular flexibility index (Phi) is 4.91. The molecule has 1 amide bonds.